The van der Waals surface area contributed by atoms with Gasteiger partial charge in [0.15, 0.2) is 0 Å². The van der Waals surface area contributed by atoms with Crippen LogP contribution in [-0.2, 0) is 4.74 Å². The molecular weight excluding hydrogens is 238 g/mol. The monoisotopic (exact) mass is 257 g/mol. The first-order valence-corrected chi connectivity index (χ1v) is 6.79. The minimum absolute atomic E-state index is 0.570. The van der Waals surface area contributed by atoms with Gasteiger partial charge in [0, 0.05) is 18.5 Å². The first-order chi connectivity index (χ1) is 9.34. The van der Waals surface area contributed by atoms with Crippen LogP contribution in [0.1, 0.15) is 12.8 Å². The SMILES string of the molecule is Nc1cnc2ccccc2c1NCC1CCCOC1. The third-order valence-corrected chi connectivity index (χ3v) is 3.63. The fraction of sp³-hybridized carbons (Fsp3) is 0.400. The summed E-state index contributed by atoms with van der Waals surface area (Å²) in [6.07, 6.45) is 4.09. The van der Waals surface area contributed by atoms with E-state index in [4.69, 9.17) is 10.5 Å². The van der Waals surface area contributed by atoms with Crippen molar-refractivity contribution in [3.63, 3.8) is 0 Å². The molecule has 0 radical (unpaired) electrons. The number of nitrogen functional groups attached to an aromatic ring is 1. The van der Waals surface area contributed by atoms with Crippen LogP contribution >= 0.6 is 0 Å². The average Bonchev–Trinajstić information content (AvgIpc) is 2.47. The molecule has 1 aromatic heterocycles. The molecule has 1 unspecified atom stereocenters. The molecule has 0 saturated carbocycles. The Morgan fingerprint density at radius 1 is 1.37 bits per heavy atom. The maximum absolute atomic E-state index is 6.05. The van der Waals surface area contributed by atoms with Crippen LogP contribution in [0.3, 0.4) is 0 Å². The van der Waals surface area contributed by atoms with Gasteiger partial charge in [-0.25, -0.2) is 0 Å². The Labute approximate surface area is 113 Å². The van der Waals surface area contributed by atoms with Gasteiger partial charge in [0.25, 0.3) is 0 Å². The topological polar surface area (TPSA) is 60.2 Å². The maximum Gasteiger partial charge on any atom is 0.0743 e. The van der Waals surface area contributed by atoms with Crippen molar-refractivity contribution in [2.45, 2.75) is 12.8 Å². The molecule has 19 heavy (non-hydrogen) atoms. The van der Waals surface area contributed by atoms with E-state index in [0.717, 1.165) is 42.8 Å². The van der Waals surface area contributed by atoms with E-state index in [2.05, 4.69) is 16.4 Å². The second-order valence-electron chi connectivity index (χ2n) is 5.07. The predicted octanol–water partition coefficient (Wildman–Crippen LogP) is 2.66. The van der Waals surface area contributed by atoms with Crippen LogP contribution < -0.4 is 11.1 Å². The smallest absolute Gasteiger partial charge is 0.0743 e. The van der Waals surface area contributed by atoms with Crippen LogP contribution in [0.25, 0.3) is 10.9 Å². The summed E-state index contributed by atoms with van der Waals surface area (Å²) >= 11 is 0. The minimum Gasteiger partial charge on any atom is -0.396 e. The quantitative estimate of drug-likeness (QED) is 0.887. The third kappa shape index (κ3) is 2.63. The Hall–Kier alpha value is -1.81. The average molecular weight is 257 g/mol. The summed E-state index contributed by atoms with van der Waals surface area (Å²) in [6.45, 7) is 2.64. The highest BCUT2D eigenvalue weighted by Gasteiger charge is 2.14. The minimum atomic E-state index is 0.570. The molecule has 2 heterocycles. The number of rotatable bonds is 3. The molecule has 0 bridgehead atoms. The first kappa shape index (κ1) is 12.2. The molecule has 2 aromatic rings. The normalized spacial score (nSPS) is 19.5. The number of benzene rings is 1. The molecule has 0 aliphatic carbocycles. The van der Waals surface area contributed by atoms with Crippen molar-refractivity contribution in [1.29, 1.82) is 0 Å². The number of nitrogens with two attached hydrogens (primary N) is 1. The summed E-state index contributed by atoms with van der Waals surface area (Å²) < 4.78 is 5.50. The van der Waals surface area contributed by atoms with E-state index in [9.17, 15) is 0 Å². The fourth-order valence-electron chi connectivity index (χ4n) is 2.57. The molecule has 1 saturated heterocycles. The summed E-state index contributed by atoms with van der Waals surface area (Å²) in [7, 11) is 0. The third-order valence-electron chi connectivity index (χ3n) is 3.63. The lowest BCUT2D eigenvalue weighted by atomic mass is 10.0. The second-order valence-corrected chi connectivity index (χ2v) is 5.07. The number of nitrogens with zero attached hydrogens (tertiary/aromatic N) is 1. The molecule has 1 aliphatic rings. The van der Waals surface area contributed by atoms with Gasteiger partial charge in [0.05, 0.1) is 29.7 Å². The lowest BCUT2D eigenvalue weighted by Crippen LogP contribution is -2.24. The van der Waals surface area contributed by atoms with Crippen LogP contribution in [-0.4, -0.2) is 24.7 Å². The van der Waals surface area contributed by atoms with Gasteiger partial charge < -0.3 is 15.8 Å². The van der Waals surface area contributed by atoms with Gasteiger partial charge in [-0.05, 0) is 24.8 Å². The number of aromatic nitrogens is 1. The zero-order chi connectivity index (χ0) is 13.1. The highest BCUT2D eigenvalue weighted by atomic mass is 16.5. The first-order valence-electron chi connectivity index (χ1n) is 6.79. The highest BCUT2D eigenvalue weighted by molar-refractivity contribution is 5.96. The van der Waals surface area contributed by atoms with Crippen molar-refractivity contribution < 1.29 is 4.74 Å². The largest absolute Gasteiger partial charge is 0.396 e. The molecule has 4 nitrogen and oxygen atoms in total. The standard InChI is InChI=1S/C15H19N3O/c16-13-9-17-14-6-2-1-5-12(14)15(13)18-8-11-4-3-7-19-10-11/h1-2,5-6,9,11H,3-4,7-8,10,16H2,(H,17,18). The van der Waals surface area contributed by atoms with Crippen molar-refractivity contribution in [2.75, 3.05) is 30.8 Å². The van der Waals surface area contributed by atoms with Crippen LogP contribution in [0.4, 0.5) is 11.4 Å². The van der Waals surface area contributed by atoms with Gasteiger partial charge in [-0.15, -0.1) is 0 Å². The van der Waals surface area contributed by atoms with E-state index in [1.165, 1.54) is 6.42 Å². The molecule has 3 rings (SSSR count). The second kappa shape index (κ2) is 5.45. The Morgan fingerprint density at radius 3 is 3.11 bits per heavy atom. The van der Waals surface area contributed by atoms with Gasteiger partial charge >= 0.3 is 0 Å². The van der Waals surface area contributed by atoms with Gasteiger partial charge in [-0.2, -0.15) is 0 Å². The van der Waals surface area contributed by atoms with Gasteiger partial charge in [0.1, 0.15) is 0 Å². The van der Waals surface area contributed by atoms with E-state index in [1.54, 1.807) is 6.20 Å². The molecule has 1 atom stereocenters. The van der Waals surface area contributed by atoms with Gasteiger partial charge in [-0.1, -0.05) is 18.2 Å². The molecule has 0 spiro atoms. The van der Waals surface area contributed by atoms with E-state index in [-0.39, 0.29) is 0 Å². The Morgan fingerprint density at radius 2 is 2.26 bits per heavy atom. The molecule has 100 valence electrons. The Kier molecular flexibility index (Phi) is 3.51. The maximum atomic E-state index is 6.05. The summed E-state index contributed by atoms with van der Waals surface area (Å²) in [4.78, 5) is 4.35. The molecule has 0 amide bonds. The van der Waals surface area contributed by atoms with Gasteiger partial charge in [0.2, 0.25) is 0 Å². The number of hydrogen-bond donors (Lipinski definition) is 2. The van der Waals surface area contributed by atoms with Crippen LogP contribution in [0, 0.1) is 5.92 Å². The predicted molar refractivity (Wildman–Crippen MR) is 78.2 cm³/mol. The molecule has 3 N–H and O–H groups in total. The van der Waals surface area contributed by atoms with E-state index < -0.39 is 0 Å². The number of anilines is 2. The van der Waals surface area contributed by atoms with Crippen molar-refractivity contribution in [1.82, 2.24) is 4.98 Å². The van der Waals surface area contributed by atoms with E-state index >= 15 is 0 Å². The lowest BCUT2D eigenvalue weighted by Gasteiger charge is -2.23. The van der Waals surface area contributed by atoms with E-state index in [0.29, 0.717) is 11.6 Å². The summed E-state index contributed by atoms with van der Waals surface area (Å²) in [5.41, 5.74) is 8.72. The zero-order valence-corrected chi connectivity index (χ0v) is 10.9. The van der Waals surface area contributed by atoms with Crippen LogP contribution in [0.2, 0.25) is 0 Å². The molecule has 1 fully saturated rings. The molecular formula is C15H19N3O. The summed E-state index contributed by atoms with van der Waals surface area (Å²) in [5, 5.41) is 4.56. The van der Waals surface area contributed by atoms with Crippen molar-refractivity contribution >= 4 is 22.3 Å². The molecule has 1 aliphatic heterocycles. The Balaban J connectivity index is 1.81. The number of pyridine rings is 1. The van der Waals surface area contributed by atoms with Crippen molar-refractivity contribution in [3.05, 3.63) is 30.5 Å². The number of ether oxygens (including phenoxy) is 1. The zero-order valence-electron chi connectivity index (χ0n) is 10.9. The Bertz CT molecular complexity index is 564. The highest BCUT2D eigenvalue weighted by Crippen LogP contribution is 2.28. The van der Waals surface area contributed by atoms with Crippen LogP contribution in [0.15, 0.2) is 30.5 Å². The van der Waals surface area contributed by atoms with Crippen molar-refractivity contribution in [3.8, 4) is 0 Å². The number of nitrogens with one attached hydrogen (secondary N) is 1. The van der Waals surface area contributed by atoms with Crippen molar-refractivity contribution in [2.24, 2.45) is 5.92 Å². The lowest BCUT2D eigenvalue weighted by molar-refractivity contribution is 0.0595. The van der Waals surface area contributed by atoms with Gasteiger partial charge in [-0.3, -0.25) is 4.98 Å². The summed E-state index contributed by atoms with van der Waals surface area (Å²) in [5.74, 6) is 0.570. The molecule has 4 heteroatoms. The van der Waals surface area contributed by atoms with E-state index in [1.807, 2.05) is 18.2 Å². The molecule has 1 aromatic carbocycles. The fourth-order valence-corrected chi connectivity index (χ4v) is 2.57. The summed E-state index contributed by atoms with van der Waals surface area (Å²) in [6, 6.07) is 8.06. The number of fused-ring (bicyclic) bond motifs is 1. The number of para-hydroxylation sites is 1. The number of hydrogen-bond acceptors (Lipinski definition) is 4. The van der Waals surface area contributed by atoms with Crippen LogP contribution in [0.5, 0.6) is 0 Å².